The molecule has 0 saturated heterocycles. The monoisotopic (exact) mass is 302 g/mol. The second kappa shape index (κ2) is 5.87. The quantitative estimate of drug-likeness (QED) is 0.813. The van der Waals surface area contributed by atoms with E-state index in [0.717, 1.165) is 12.8 Å². The first-order valence-corrected chi connectivity index (χ1v) is 7.35. The molecule has 0 unspecified atom stereocenters. The number of phenols is 1. The average Bonchev–Trinajstić information content (AvgIpc) is 2.36. The van der Waals surface area contributed by atoms with Crippen LogP contribution in [0.5, 0.6) is 11.5 Å². The predicted molar refractivity (Wildman–Crippen MR) is 86.5 cm³/mol. The maximum absolute atomic E-state index is 11.2. The Morgan fingerprint density at radius 3 is 2.68 bits per heavy atom. The van der Waals surface area contributed by atoms with Gasteiger partial charge in [0.05, 0.1) is 5.56 Å². The Morgan fingerprint density at radius 2 is 2.09 bits per heavy atom. The van der Waals surface area contributed by atoms with Crippen molar-refractivity contribution in [1.29, 1.82) is 0 Å². The molecule has 22 heavy (non-hydrogen) atoms. The van der Waals surface area contributed by atoms with Gasteiger partial charge in [0.1, 0.15) is 22.7 Å². The molecule has 1 atom stereocenters. The maximum Gasteiger partial charge on any atom is 0.339 e. The van der Waals surface area contributed by atoms with Gasteiger partial charge in [-0.2, -0.15) is 0 Å². The molecule has 0 aliphatic carbocycles. The topological polar surface area (TPSA) is 66.8 Å². The Hall–Kier alpha value is -2.23. The number of allylic oxidation sites excluding steroid dienone is 2. The van der Waals surface area contributed by atoms with Crippen molar-refractivity contribution in [3.8, 4) is 11.5 Å². The first-order valence-electron chi connectivity index (χ1n) is 7.35. The van der Waals surface area contributed by atoms with Gasteiger partial charge in [0, 0.05) is 0 Å². The molecule has 0 bridgehead atoms. The van der Waals surface area contributed by atoms with E-state index in [1.807, 2.05) is 13.0 Å². The van der Waals surface area contributed by atoms with E-state index in [1.165, 1.54) is 5.57 Å². The molecule has 0 aromatic heterocycles. The summed E-state index contributed by atoms with van der Waals surface area (Å²) in [5.74, 6) is -0.838. The molecular weight excluding hydrogens is 280 g/mol. The van der Waals surface area contributed by atoms with E-state index in [1.54, 1.807) is 19.1 Å². The van der Waals surface area contributed by atoms with E-state index in [4.69, 9.17) is 4.74 Å². The summed E-state index contributed by atoms with van der Waals surface area (Å²) < 4.78 is 6.03. The van der Waals surface area contributed by atoms with Crippen molar-refractivity contribution in [2.75, 3.05) is 0 Å². The lowest BCUT2D eigenvalue weighted by atomic mass is 9.92. The highest BCUT2D eigenvalue weighted by Gasteiger charge is 2.30. The summed E-state index contributed by atoms with van der Waals surface area (Å²) in [5, 5.41) is 19.4. The lowest BCUT2D eigenvalue weighted by Gasteiger charge is -2.32. The fourth-order valence-corrected chi connectivity index (χ4v) is 2.63. The number of carboxylic acid groups (broad SMARTS) is 1. The Labute approximate surface area is 130 Å². The van der Waals surface area contributed by atoms with Crippen LogP contribution in [-0.4, -0.2) is 21.8 Å². The maximum atomic E-state index is 11.2. The van der Waals surface area contributed by atoms with Crippen LogP contribution in [0.1, 0.15) is 55.1 Å². The van der Waals surface area contributed by atoms with Crippen LogP contribution in [-0.2, 0) is 0 Å². The molecule has 1 aliphatic heterocycles. The molecule has 1 heterocycles. The number of hydrogen-bond donors (Lipinski definition) is 2. The highest BCUT2D eigenvalue weighted by molar-refractivity contribution is 5.95. The zero-order chi connectivity index (χ0) is 16.5. The van der Waals surface area contributed by atoms with E-state index in [-0.39, 0.29) is 11.3 Å². The van der Waals surface area contributed by atoms with Crippen LogP contribution in [0.25, 0.3) is 6.08 Å². The minimum atomic E-state index is -1.14. The van der Waals surface area contributed by atoms with Crippen LogP contribution in [0.2, 0.25) is 0 Å². The van der Waals surface area contributed by atoms with Crippen molar-refractivity contribution >= 4 is 12.0 Å². The van der Waals surface area contributed by atoms with Crippen molar-refractivity contribution < 1.29 is 19.7 Å². The SMILES string of the molecule is CC(C)=CCC[C@@]1(C)C=Cc2c(cc(C)c(C(=O)O)c2O)O1. The Balaban J connectivity index is 2.33. The summed E-state index contributed by atoms with van der Waals surface area (Å²) in [6.45, 7) is 7.77. The molecule has 1 aromatic carbocycles. The number of hydrogen-bond acceptors (Lipinski definition) is 3. The lowest BCUT2D eigenvalue weighted by molar-refractivity contribution is 0.0692. The first kappa shape index (κ1) is 16.1. The molecule has 2 rings (SSSR count). The van der Waals surface area contributed by atoms with Crippen LogP contribution in [0.3, 0.4) is 0 Å². The number of aromatic carboxylic acids is 1. The van der Waals surface area contributed by atoms with Crippen molar-refractivity contribution in [2.45, 2.75) is 46.1 Å². The summed E-state index contributed by atoms with van der Waals surface area (Å²) >= 11 is 0. The molecule has 1 aromatic rings. The molecular formula is C18H22O4. The van der Waals surface area contributed by atoms with Crippen LogP contribution >= 0.6 is 0 Å². The molecule has 0 spiro atoms. The van der Waals surface area contributed by atoms with Crippen molar-refractivity contribution in [3.63, 3.8) is 0 Å². The smallest absolute Gasteiger partial charge is 0.339 e. The third-order valence-electron chi connectivity index (χ3n) is 3.85. The Kier molecular flexibility index (Phi) is 4.31. The highest BCUT2D eigenvalue weighted by atomic mass is 16.5. The summed E-state index contributed by atoms with van der Waals surface area (Å²) in [7, 11) is 0. The molecule has 118 valence electrons. The van der Waals surface area contributed by atoms with E-state index < -0.39 is 11.6 Å². The minimum Gasteiger partial charge on any atom is -0.506 e. The number of benzene rings is 1. The van der Waals surface area contributed by atoms with Crippen molar-refractivity contribution in [2.24, 2.45) is 0 Å². The molecule has 0 saturated carbocycles. The Morgan fingerprint density at radius 1 is 1.41 bits per heavy atom. The number of rotatable bonds is 4. The minimum absolute atomic E-state index is 0.0693. The van der Waals surface area contributed by atoms with Crippen LogP contribution in [0, 0.1) is 6.92 Å². The number of aryl methyl sites for hydroxylation is 1. The van der Waals surface area contributed by atoms with Crippen LogP contribution in [0.15, 0.2) is 23.8 Å². The molecule has 0 radical (unpaired) electrons. The summed E-state index contributed by atoms with van der Waals surface area (Å²) in [5.41, 5.74) is 1.67. The number of carboxylic acids is 1. The van der Waals surface area contributed by atoms with Crippen LogP contribution in [0.4, 0.5) is 0 Å². The summed E-state index contributed by atoms with van der Waals surface area (Å²) in [4.78, 5) is 11.2. The summed E-state index contributed by atoms with van der Waals surface area (Å²) in [6.07, 6.45) is 7.51. The zero-order valence-corrected chi connectivity index (χ0v) is 13.4. The average molecular weight is 302 g/mol. The normalized spacial score (nSPS) is 19.3. The van der Waals surface area contributed by atoms with Gasteiger partial charge in [0.25, 0.3) is 0 Å². The van der Waals surface area contributed by atoms with Gasteiger partial charge in [-0.1, -0.05) is 11.6 Å². The second-order valence-electron chi connectivity index (χ2n) is 6.20. The van der Waals surface area contributed by atoms with E-state index in [2.05, 4.69) is 19.9 Å². The van der Waals surface area contributed by atoms with Gasteiger partial charge < -0.3 is 14.9 Å². The molecule has 0 amide bonds. The van der Waals surface area contributed by atoms with E-state index in [0.29, 0.717) is 16.9 Å². The number of aromatic hydroxyl groups is 1. The second-order valence-corrected chi connectivity index (χ2v) is 6.20. The molecule has 4 heteroatoms. The van der Waals surface area contributed by atoms with Gasteiger partial charge >= 0.3 is 5.97 Å². The number of carbonyl (C=O) groups is 1. The van der Waals surface area contributed by atoms with Gasteiger partial charge in [-0.25, -0.2) is 4.79 Å². The van der Waals surface area contributed by atoms with Gasteiger partial charge in [-0.3, -0.25) is 0 Å². The van der Waals surface area contributed by atoms with E-state index in [9.17, 15) is 15.0 Å². The van der Waals surface area contributed by atoms with Crippen molar-refractivity contribution in [3.05, 3.63) is 40.5 Å². The first-order chi connectivity index (χ1) is 10.2. The third kappa shape index (κ3) is 3.16. The molecule has 1 aliphatic rings. The molecule has 0 fully saturated rings. The van der Waals surface area contributed by atoms with Gasteiger partial charge in [0.2, 0.25) is 0 Å². The standard InChI is InChI=1S/C18H22O4/c1-11(2)6-5-8-18(4)9-7-13-14(22-18)10-12(3)15(16(13)19)17(20)21/h6-7,9-10,19H,5,8H2,1-4H3,(H,20,21)/t18-/m0/s1. The largest absolute Gasteiger partial charge is 0.506 e. The zero-order valence-electron chi connectivity index (χ0n) is 13.4. The lowest BCUT2D eigenvalue weighted by Crippen LogP contribution is -2.31. The highest BCUT2D eigenvalue weighted by Crippen LogP contribution is 2.41. The predicted octanol–water partition coefficient (Wildman–Crippen LogP) is 4.31. The van der Waals surface area contributed by atoms with E-state index >= 15 is 0 Å². The fraction of sp³-hybridized carbons (Fsp3) is 0.389. The fourth-order valence-electron chi connectivity index (χ4n) is 2.63. The van der Waals surface area contributed by atoms with Crippen LogP contribution < -0.4 is 4.74 Å². The van der Waals surface area contributed by atoms with Gasteiger partial charge in [0.15, 0.2) is 0 Å². The Bertz CT molecular complexity index is 666. The van der Waals surface area contributed by atoms with Gasteiger partial charge in [-0.05, 0) is 64.3 Å². The number of fused-ring (bicyclic) bond motifs is 1. The number of ether oxygens (including phenoxy) is 1. The third-order valence-corrected chi connectivity index (χ3v) is 3.85. The molecule has 2 N–H and O–H groups in total. The van der Waals surface area contributed by atoms with Gasteiger partial charge in [-0.15, -0.1) is 0 Å². The van der Waals surface area contributed by atoms with Crippen molar-refractivity contribution in [1.82, 2.24) is 0 Å². The summed E-state index contributed by atoms with van der Waals surface area (Å²) in [6, 6.07) is 1.68. The molecule has 4 nitrogen and oxygen atoms in total.